The summed E-state index contributed by atoms with van der Waals surface area (Å²) in [5, 5.41) is 11.8. The van der Waals surface area contributed by atoms with Crippen LogP contribution in [0.2, 0.25) is 0 Å². The molecule has 4 rings (SSSR count). The van der Waals surface area contributed by atoms with Crippen LogP contribution in [0.15, 0.2) is 49.1 Å². The smallest absolute Gasteiger partial charge is 0.183 e. The first kappa shape index (κ1) is 22.0. The van der Waals surface area contributed by atoms with Gasteiger partial charge in [-0.3, -0.25) is 4.68 Å². The maximum atomic E-state index is 6.40. The third kappa shape index (κ3) is 4.96. The van der Waals surface area contributed by atoms with Crippen molar-refractivity contribution >= 4 is 11.4 Å². The number of ether oxygens (including phenoxy) is 1. The van der Waals surface area contributed by atoms with Gasteiger partial charge < -0.3 is 26.1 Å². The Hall–Kier alpha value is -3.26. The predicted octanol–water partition coefficient (Wildman–Crippen LogP) is 4.94. The predicted molar refractivity (Wildman–Crippen MR) is 128 cm³/mol. The molecule has 0 fully saturated rings. The fourth-order valence-corrected chi connectivity index (χ4v) is 4.09. The summed E-state index contributed by atoms with van der Waals surface area (Å²) in [7, 11) is 1.60. The zero-order valence-corrected chi connectivity index (χ0v) is 18.9. The summed E-state index contributed by atoms with van der Waals surface area (Å²) < 4.78 is 7.21. The molecule has 32 heavy (non-hydrogen) atoms. The molecule has 2 atom stereocenters. The number of nitrogens with one attached hydrogen (secondary N) is 3. The number of rotatable bonds is 6. The van der Waals surface area contributed by atoms with Crippen molar-refractivity contribution in [2.45, 2.75) is 57.7 Å². The SMILES string of the molecule is C=C(Nc1ccc2c(c1)N[C@H](c1ccn(CCC)n1)CCCC[C@H](N)c1nc-2c[nH]1)OC. The van der Waals surface area contributed by atoms with Gasteiger partial charge in [0, 0.05) is 35.9 Å². The van der Waals surface area contributed by atoms with E-state index >= 15 is 0 Å². The molecular weight excluding hydrogens is 402 g/mol. The van der Waals surface area contributed by atoms with Gasteiger partial charge in [0.2, 0.25) is 0 Å². The highest BCUT2D eigenvalue weighted by molar-refractivity contribution is 5.79. The molecule has 3 heterocycles. The van der Waals surface area contributed by atoms with E-state index in [0.717, 1.165) is 72.8 Å². The summed E-state index contributed by atoms with van der Waals surface area (Å²) in [6.07, 6.45) is 9.00. The maximum Gasteiger partial charge on any atom is 0.183 e. The van der Waals surface area contributed by atoms with Crippen LogP contribution in [0.4, 0.5) is 11.4 Å². The minimum atomic E-state index is -0.0900. The number of aromatic amines is 1. The van der Waals surface area contributed by atoms with Gasteiger partial charge in [0.05, 0.1) is 30.6 Å². The summed E-state index contributed by atoms with van der Waals surface area (Å²) in [6, 6.07) is 8.23. The van der Waals surface area contributed by atoms with E-state index < -0.39 is 0 Å². The number of hydrogen-bond acceptors (Lipinski definition) is 6. The minimum Gasteiger partial charge on any atom is -0.483 e. The Bertz CT molecular complexity index is 1050. The fourth-order valence-electron chi connectivity index (χ4n) is 4.09. The highest BCUT2D eigenvalue weighted by Crippen LogP contribution is 2.35. The Morgan fingerprint density at radius 2 is 2.16 bits per heavy atom. The lowest BCUT2D eigenvalue weighted by Gasteiger charge is -2.22. The Balaban J connectivity index is 1.73. The lowest BCUT2D eigenvalue weighted by Crippen LogP contribution is -2.15. The Morgan fingerprint density at radius 3 is 2.97 bits per heavy atom. The van der Waals surface area contributed by atoms with Crippen LogP contribution in [0.25, 0.3) is 11.3 Å². The second kappa shape index (κ2) is 9.91. The van der Waals surface area contributed by atoms with Crippen LogP contribution in [0.5, 0.6) is 0 Å². The van der Waals surface area contributed by atoms with E-state index in [4.69, 9.17) is 20.6 Å². The topological polar surface area (TPSA) is 106 Å². The van der Waals surface area contributed by atoms with Gasteiger partial charge in [0.25, 0.3) is 0 Å². The molecule has 2 aromatic heterocycles. The van der Waals surface area contributed by atoms with Crippen LogP contribution in [0.1, 0.15) is 62.6 Å². The number of H-pyrrole nitrogens is 1. The highest BCUT2D eigenvalue weighted by Gasteiger charge is 2.20. The maximum absolute atomic E-state index is 6.40. The van der Waals surface area contributed by atoms with Gasteiger partial charge >= 0.3 is 0 Å². The molecule has 0 saturated carbocycles. The number of nitrogens with two attached hydrogens (primary N) is 1. The highest BCUT2D eigenvalue weighted by atomic mass is 16.5. The van der Waals surface area contributed by atoms with E-state index in [-0.39, 0.29) is 12.1 Å². The van der Waals surface area contributed by atoms with Gasteiger partial charge in [0.1, 0.15) is 5.82 Å². The largest absolute Gasteiger partial charge is 0.483 e. The number of benzene rings is 1. The van der Waals surface area contributed by atoms with Gasteiger partial charge in [-0.2, -0.15) is 5.10 Å². The Kier molecular flexibility index (Phi) is 6.80. The van der Waals surface area contributed by atoms with Crippen molar-refractivity contribution in [2.24, 2.45) is 5.73 Å². The molecule has 2 bridgehead atoms. The zero-order valence-electron chi connectivity index (χ0n) is 18.9. The number of hydrogen-bond donors (Lipinski definition) is 4. The van der Waals surface area contributed by atoms with Crippen LogP contribution in [0, 0.1) is 0 Å². The number of aromatic nitrogens is 4. The summed E-state index contributed by atoms with van der Waals surface area (Å²) in [4.78, 5) is 8.07. The van der Waals surface area contributed by atoms with Crippen LogP contribution in [-0.4, -0.2) is 26.9 Å². The number of imidazole rings is 1. The van der Waals surface area contributed by atoms with Crippen molar-refractivity contribution in [2.75, 3.05) is 17.7 Å². The molecule has 0 radical (unpaired) electrons. The molecule has 3 aromatic rings. The lowest BCUT2D eigenvalue weighted by atomic mass is 10.0. The number of aryl methyl sites for hydroxylation is 1. The first-order valence-corrected chi connectivity index (χ1v) is 11.3. The first-order valence-electron chi connectivity index (χ1n) is 11.3. The van der Waals surface area contributed by atoms with Crippen LogP contribution in [0.3, 0.4) is 0 Å². The average molecular weight is 436 g/mol. The van der Waals surface area contributed by atoms with E-state index in [1.165, 1.54) is 0 Å². The fraction of sp³-hybridized carbons (Fsp3) is 0.417. The molecule has 1 aliphatic heterocycles. The number of nitrogens with zero attached hydrogens (tertiary/aromatic N) is 3. The summed E-state index contributed by atoms with van der Waals surface area (Å²) >= 11 is 0. The molecule has 0 amide bonds. The molecule has 5 N–H and O–H groups in total. The molecule has 0 saturated heterocycles. The van der Waals surface area contributed by atoms with Gasteiger partial charge in [-0.25, -0.2) is 4.98 Å². The molecule has 0 aliphatic carbocycles. The lowest BCUT2D eigenvalue weighted by molar-refractivity contribution is 0.299. The van der Waals surface area contributed by atoms with E-state index in [1.807, 2.05) is 16.9 Å². The third-order valence-electron chi connectivity index (χ3n) is 5.83. The van der Waals surface area contributed by atoms with E-state index in [0.29, 0.717) is 5.88 Å². The third-order valence-corrected chi connectivity index (χ3v) is 5.83. The van der Waals surface area contributed by atoms with Gasteiger partial charge in [-0.15, -0.1) is 0 Å². The normalized spacial score (nSPS) is 18.6. The summed E-state index contributed by atoms with van der Waals surface area (Å²) in [5.41, 5.74) is 11.2. The summed E-state index contributed by atoms with van der Waals surface area (Å²) in [6.45, 7) is 6.95. The van der Waals surface area contributed by atoms with Gasteiger partial charge in [-0.1, -0.05) is 19.8 Å². The molecule has 8 nitrogen and oxygen atoms in total. The van der Waals surface area contributed by atoms with Crippen LogP contribution < -0.4 is 16.4 Å². The van der Waals surface area contributed by atoms with E-state index in [9.17, 15) is 0 Å². The van der Waals surface area contributed by atoms with Crippen molar-refractivity contribution < 1.29 is 4.74 Å². The monoisotopic (exact) mass is 435 g/mol. The summed E-state index contributed by atoms with van der Waals surface area (Å²) in [5.74, 6) is 1.32. The van der Waals surface area contributed by atoms with Crippen LogP contribution >= 0.6 is 0 Å². The standard InChI is InChI=1S/C24H33N7O/c1-4-12-31-13-11-21(30-31)20-8-6-5-7-19(25)24-26-15-23(29-24)18-10-9-17(14-22(18)28-20)27-16(2)32-3/h9-11,13-15,19-20,27-28H,2,4-8,12,25H2,1,3H3,(H,26,29)/t19-,20-/m0/s1. The Morgan fingerprint density at radius 1 is 1.31 bits per heavy atom. The Labute approximate surface area is 189 Å². The first-order chi connectivity index (χ1) is 15.6. The van der Waals surface area contributed by atoms with Crippen molar-refractivity contribution in [3.63, 3.8) is 0 Å². The number of anilines is 2. The molecule has 170 valence electrons. The zero-order chi connectivity index (χ0) is 22.5. The minimum absolute atomic E-state index is 0.0850. The van der Waals surface area contributed by atoms with E-state index in [2.05, 4.69) is 53.5 Å². The number of methoxy groups -OCH3 is 1. The quantitative estimate of drug-likeness (QED) is 0.409. The van der Waals surface area contributed by atoms with E-state index in [1.54, 1.807) is 7.11 Å². The molecule has 8 heteroatoms. The molecule has 0 unspecified atom stereocenters. The second-order valence-electron chi connectivity index (χ2n) is 8.28. The number of fused-ring (bicyclic) bond motifs is 4. The van der Waals surface area contributed by atoms with Crippen molar-refractivity contribution in [3.05, 3.63) is 60.6 Å². The van der Waals surface area contributed by atoms with Crippen LogP contribution in [-0.2, 0) is 11.3 Å². The molecular formula is C24H33N7O. The molecule has 1 aromatic carbocycles. The van der Waals surface area contributed by atoms with Crippen molar-refractivity contribution in [1.29, 1.82) is 0 Å². The van der Waals surface area contributed by atoms with Crippen molar-refractivity contribution in [3.8, 4) is 11.3 Å². The average Bonchev–Trinajstić information content (AvgIpc) is 3.45. The molecule has 1 aliphatic rings. The van der Waals surface area contributed by atoms with Crippen molar-refractivity contribution in [1.82, 2.24) is 19.7 Å². The van der Waals surface area contributed by atoms with Gasteiger partial charge in [0.15, 0.2) is 5.88 Å². The molecule has 0 spiro atoms. The van der Waals surface area contributed by atoms with Gasteiger partial charge in [-0.05, 0) is 50.1 Å². The second-order valence-corrected chi connectivity index (χ2v) is 8.28.